The summed E-state index contributed by atoms with van der Waals surface area (Å²) >= 11 is 5.35. The summed E-state index contributed by atoms with van der Waals surface area (Å²) in [5, 5.41) is 2.14. The van der Waals surface area contributed by atoms with Crippen LogP contribution < -0.4 is 5.73 Å². The Morgan fingerprint density at radius 1 is 1.60 bits per heavy atom. The van der Waals surface area contributed by atoms with Crippen LogP contribution in [0.5, 0.6) is 0 Å². The van der Waals surface area contributed by atoms with E-state index >= 15 is 0 Å². The van der Waals surface area contributed by atoms with Gasteiger partial charge >= 0.3 is 0 Å². The number of piperidine rings is 1. The number of nitrogens with two attached hydrogens (primary N) is 1. The number of likely N-dealkylation sites (tertiary alicyclic amines) is 1. The molecule has 20 heavy (non-hydrogen) atoms. The summed E-state index contributed by atoms with van der Waals surface area (Å²) in [6, 6.07) is 2.68. The minimum Gasteiger partial charge on any atom is -0.377 e. The van der Waals surface area contributed by atoms with E-state index in [0.29, 0.717) is 6.04 Å². The molecule has 2 heterocycles. The molecular weight excluding hydrogens is 336 g/mol. The van der Waals surface area contributed by atoms with E-state index in [9.17, 15) is 0 Å². The molecule has 1 fully saturated rings. The van der Waals surface area contributed by atoms with Gasteiger partial charge in [0.25, 0.3) is 0 Å². The first-order chi connectivity index (χ1) is 9.49. The molecule has 1 aromatic heterocycles. The smallest absolute Gasteiger partial charge is 0.0777 e. The van der Waals surface area contributed by atoms with Crippen LogP contribution in [0.4, 0.5) is 0 Å². The van der Waals surface area contributed by atoms with Gasteiger partial charge < -0.3 is 10.5 Å². The van der Waals surface area contributed by atoms with E-state index in [-0.39, 0.29) is 11.6 Å². The first-order valence-corrected chi connectivity index (χ1v) is 8.95. The third-order valence-corrected chi connectivity index (χ3v) is 6.10. The second kappa shape index (κ2) is 6.88. The maximum absolute atomic E-state index is 6.43. The lowest BCUT2D eigenvalue weighted by Gasteiger charge is -2.44. The van der Waals surface area contributed by atoms with Crippen molar-refractivity contribution < 1.29 is 4.74 Å². The van der Waals surface area contributed by atoms with Crippen molar-refractivity contribution in [3.63, 3.8) is 0 Å². The second-order valence-electron chi connectivity index (χ2n) is 5.91. The van der Waals surface area contributed by atoms with Gasteiger partial charge in [0.2, 0.25) is 0 Å². The SMILES string of the molecule is CCC(N)C(c1cc(Br)cs1)N1CCCC(C)(OC)C1. The zero-order chi connectivity index (χ0) is 14.8. The topological polar surface area (TPSA) is 38.5 Å². The minimum absolute atomic E-state index is 0.0432. The normalized spacial score (nSPS) is 27.4. The predicted molar refractivity (Wildman–Crippen MR) is 89.2 cm³/mol. The summed E-state index contributed by atoms with van der Waals surface area (Å²) in [5.74, 6) is 0. The highest BCUT2D eigenvalue weighted by Gasteiger charge is 2.36. The van der Waals surface area contributed by atoms with Gasteiger partial charge in [0.05, 0.1) is 11.6 Å². The number of thiophene rings is 1. The van der Waals surface area contributed by atoms with Gasteiger partial charge in [0.1, 0.15) is 0 Å². The number of methoxy groups -OCH3 is 1. The molecule has 1 aromatic rings. The van der Waals surface area contributed by atoms with Crippen LogP contribution in [0.15, 0.2) is 15.9 Å². The molecule has 3 unspecified atom stereocenters. The highest BCUT2D eigenvalue weighted by molar-refractivity contribution is 9.10. The van der Waals surface area contributed by atoms with Crippen LogP contribution in [0.25, 0.3) is 0 Å². The summed E-state index contributed by atoms with van der Waals surface area (Å²) in [4.78, 5) is 3.87. The highest BCUT2D eigenvalue weighted by atomic mass is 79.9. The second-order valence-corrected chi connectivity index (χ2v) is 7.77. The van der Waals surface area contributed by atoms with Crippen LogP contribution in [-0.4, -0.2) is 36.7 Å². The van der Waals surface area contributed by atoms with Crippen molar-refractivity contribution >= 4 is 27.3 Å². The maximum atomic E-state index is 6.43. The Balaban J connectivity index is 2.23. The van der Waals surface area contributed by atoms with E-state index in [4.69, 9.17) is 10.5 Å². The fourth-order valence-electron chi connectivity index (χ4n) is 3.02. The molecule has 3 atom stereocenters. The molecule has 5 heteroatoms. The zero-order valence-electron chi connectivity index (χ0n) is 12.6. The van der Waals surface area contributed by atoms with E-state index in [1.165, 1.54) is 11.3 Å². The van der Waals surface area contributed by atoms with Crippen molar-refractivity contribution in [2.24, 2.45) is 5.73 Å². The van der Waals surface area contributed by atoms with Crippen molar-refractivity contribution in [1.29, 1.82) is 0 Å². The maximum Gasteiger partial charge on any atom is 0.0777 e. The van der Waals surface area contributed by atoms with Gasteiger partial charge in [-0.1, -0.05) is 6.92 Å². The molecular formula is C15H25BrN2OS. The van der Waals surface area contributed by atoms with Gasteiger partial charge in [0, 0.05) is 34.4 Å². The number of nitrogens with zero attached hydrogens (tertiary/aromatic N) is 1. The van der Waals surface area contributed by atoms with Crippen LogP contribution in [0, 0.1) is 0 Å². The van der Waals surface area contributed by atoms with Crippen molar-refractivity contribution in [2.45, 2.75) is 50.8 Å². The summed E-state index contributed by atoms with van der Waals surface area (Å²) in [7, 11) is 1.82. The van der Waals surface area contributed by atoms with Crippen LogP contribution in [0.1, 0.15) is 44.0 Å². The summed E-state index contributed by atoms with van der Waals surface area (Å²) in [6.45, 7) is 6.43. The van der Waals surface area contributed by atoms with Crippen molar-refractivity contribution in [3.05, 3.63) is 20.8 Å². The van der Waals surface area contributed by atoms with Gasteiger partial charge in [-0.3, -0.25) is 4.90 Å². The van der Waals surface area contributed by atoms with Crippen molar-refractivity contribution in [1.82, 2.24) is 4.90 Å². The third kappa shape index (κ3) is 3.63. The van der Waals surface area contributed by atoms with Crippen molar-refractivity contribution in [2.75, 3.05) is 20.2 Å². The number of hydrogen-bond acceptors (Lipinski definition) is 4. The van der Waals surface area contributed by atoms with Crippen molar-refractivity contribution in [3.8, 4) is 0 Å². The van der Waals surface area contributed by atoms with E-state index < -0.39 is 0 Å². The van der Waals surface area contributed by atoms with E-state index in [1.54, 1.807) is 11.3 Å². The fraction of sp³-hybridized carbons (Fsp3) is 0.733. The number of hydrogen-bond donors (Lipinski definition) is 1. The van der Waals surface area contributed by atoms with Gasteiger partial charge in [-0.15, -0.1) is 11.3 Å². The van der Waals surface area contributed by atoms with Crippen LogP contribution >= 0.6 is 27.3 Å². The number of rotatable bonds is 5. The van der Waals surface area contributed by atoms with Crippen LogP contribution in [0.2, 0.25) is 0 Å². The molecule has 1 aliphatic heterocycles. The van der Waals surface area contributed by atoms with Crippen LogP contribution in [-0.2, 0) is 4.74 Å². The molecule has 0 spiro atoms. The largest absolute Gasteiger partial charge is 0.377 e. The average molecular weight is 361 g/mol. The lowest BCUT2D eigenvalue weighted by atomic mass is 9.91. The lowest BCUT2D eigenvalue weighted by molar-refractivity contribution is -0.0640. The predicted octanol–water partition coefficient (Wildman–Crippen LogP) is 3.79. The Morgan fingerprint density at radius 3 is 2.90 bits per heavy atom. The first kappa shape index (κ1) is 16.4. The first-order valence-electron chi connectivity index (χ1n) is 7.28. The quantitative estimate of drug-likeness (QED) is 0.867. The van der Waals surface area contributed by atoms with Gasteiger partial charge in [-0.25, -0.2) is 0 Å². The third-order valence-electron chi connectivity index (χ3n) is 4.33. The molecule has 2 N–H and O–H groups in total. The molecule has 1 saturated heterocycles. The molecule has 1 aliphatic rings. The number of halogens is 1. The zero-order valence-corrected chi connectivity index (χ0v) is 15.0. The molecule has 2 rings (SSSR count). The monoisotopic (exact) mass is 360 g/mol. The number of ether oxygens (including phenoxy) is 1. The lowest BCUT2D eigenvalue weighted by Crippen LogP contribution is -2.52. The molecule has 0 radical (unpaired) electrons. The summed E-state index contributed by atoms with van der Waals surface area (Å²) < 4.78 is 6.88. The van der Waals surface area contributed by atoms with E-state index in [1.807, 2.05) is 7.11 Å². The Kier molecular flexibility index (Phi) is 5.65. The Bertz CT molecular complexity index is 439. The minimum atomic E-state index is -0.0432. The Hall–Kier alpha value is 0.0600. The molecule has 0 amide bonds. The molecule has 0 aromatic carbocycles. The Morgan fingerprint density at radius 2 is 2.35 bits per heavy atom. The molecule has 0 aliphatic carbocycles. The standard InChI is InChI=1S/C15H25BrN2OS/c1-4-12(17)14(13-8-11(16)9-20-13)18-7-5-6-15(2,10-18)19-3/h8-9,12,14H,4-7,10,17H2,1-3H3. The average Bonchev–Trinajstić information content (AvgIpc) is 2.85. The molecule has 0 bridgehead atoms. The summed E-state index contributed by atoms with van der Waals surface area (Å²) in [6.07, 6.45) is 3.28. The molecule has 114 valence electrons. The fourth-order valence-corrected chi connectivity index (χ4v) is 4.67. The molecule has 3 nitrogen and oxygen atoms in total. The van der Waals surface area contributed by atoms with E-state index in [0.717, 1.165) is 30.4 Å². The Labute approximate surface area is 134 Å². The van der Waals surface area contributed by atoms with Gasteiger partial charge in [0.15, 0.2) is 0 Å². The van der Waals surface area contributed by atoms with E-state index in [2.05, 4.69) is 46.1 Å². The molecule has 0 saturated carbocycles. The van der Waals surface area contributed by atoms with Gasteiger partial charge in [-0.2, -0.15) is 0 Å². The highest BCUT2D eigenvalue weighted by Crippen LogP contribution is 2.36. The van der Waals surface area contributed by atoms with Crippen LogP contribution in [0.3, 0.4) is 0 Å². The van der Waals surface area contributed by atoms with Gasteiger partial charge in [-0.05, 0) is 54.7 Å². The summed E-state index contributed by atoms with van der Waals surface area (Å²) in [5.41, 5.74) is 6.39.